The summed E-state index contributed by atoms with van der Waals surface area (Å²) in [5.74, 6) is 1.14. The molecule has 5 heteroatoms. The fourth-order valence-corrected chi connectivity index (χ4v) is 2.47. The van der Waals surface area contributed by atoms with Crippen molar-refractivity contribution in [1.29, 1.82) is 0 Å². The van der Waals surface area contributed by atoms with Crippen LogP contribution >= 0.6 is 11.6 Å². The smallest absolute Gasteiger partial charge is 0.247 e. The minimum atomic E-state index is 0.521. The highest BCUT2D eigenvalue weighted by Crippen LogP contribution is 2.20. The van der Waals surface area contributed by atoms with Crippen LogP contribution in [-0.4, -0.2) is 21.6 Å². The van der Waals surface area contributed by atoms with Crippen LogP contribution in [0.2, 0.25) is 5.02 Å². The van der Waals surface area contributed by atoms with E-state index in [0.717, 1.165) is 18.7 Å². The first-order valence-corrected chi connectivity index (χ1v) is 7.97. The quantitative estimate of drug-likeness (QED) is 0.672. The van der Waals surface area contributed by atoms with Crippen molar-refractivity contribution in [3.8, 4) is 11.5 Å². The van der Waals surface area contributed by atoms with Crippen molar-refractivity contribution in [1.82, 2.24) is 15.1 Å². The Morgan fingerprint density at radius 3 is 2.39 bits per heavy atom. The molecule has 3 aromatic rings. The van der Waals surface area contributed by atoms with E-state index < -0.39 is 0 Å². The molecule has 0 bridgehead atoms. The van der Waals surface area contributed by atoms with E-state index in [4.69, 9.17) is 16.0 Å². The molecule has 0 amide bonds. The molecule has 3 rings (SSSR count). The Bertz CT molecular complexity index is 740. The zero-order chi connectivity index (χ0) is 16.1. The highest BCUT2D eigenvalue weighted by Gasteiger charge is 2.12. The zero-order valence-electron chi connectivity index (χ0n) is 12.9. The first-order chi connectivity index (χ1) is 11.2. The molecule has 0 radical (unpaired) electrons. The van der Waals surface area contributed by atoms with E-state index in [2.05, 4.69) is 46.3 Å². The minimum absolute atomic E-state index is 0.521. The summed E-state index contributed by atoms with van der Waals surface area (Å²) in [7, 11) is 0. The molecular weight excluding hydrogens is 310 g/mol. The highest BCUT2D eigenvalue weighted by molar-refractivity contribution is 6.30. The van der Waals surface area contributed by atoms with Crippen LogP contribution in [0.25, 0.3) is 11.5 Å². The second kappa shape index (κ2) is 7.40. The third-order valence-corrected chi connectivity index (χ3v) is 3.87. The van der Waals surface area contributed by atoms with Crippen LogP contribution in [-0.2, 0) is 13.1 Å². The number of halogens is 1. The molecule has 0 atom stereocenters. The Kier molecular flexibility index (Phi) is 5.05. The molecule has 23 heavy (non-hydrogen) atoms. The molecule has 118 valence electrons. The molecule has 1 heterocycles. The molecule has 0 fully saturated rings. The lowest BCUT2D eigenvalue weighted by molar-refractivity contribution is 0.243. The Morgan fingerprint density at radius 2 is 1.70 bits per heavy atom. The summed E-state index contributed by atoms with van der Waals surface area (Å²) in [4.78, 5) is 2.26. The number of hydrogen-bond acceptors (Lipinski definition) is 4. The van der Waals surface area contributed by atoms with Gasteiger partial charge in [0.15, 0.2) is 0 Å². The van der Waals surface area contributed by atoms with Gasteiger partial charge < -0.3 is 4.42 Å². The van der Waals surface area contributed by atoms with Crippen molar-refractivity contribution in [2.24, 2.45) is 0 Å². The van der Waals surface area contributed by atoms with Gasteiger partial charge in [-0.05, 0) is 36.4 Å². The molecule has 0 saturated carbocycles. The van der Waals surface area contributed by atoms with Crippen LogP contribution in [0.5, 0.6) is 0 Å². The molecule has 0 aliphatic heterocycles. The molecule has 0 aliphatic carbocycles. The van der Waals surface area contributed by atoms with Crippen LogP contribution in [0.15, 0.2) is 59.0 Å². The monoisotopic (exact) mass is 327 g/mol. The topological polar surface area (TPSA) is 42.2 Å². The van der Waals surface area contributed by atoms with Gasteiger partial charge in [0, 0.05) is 17.1 Å². The van der Waals surface area contributed by atoms with Crippen molar-refractivity contribution in [2.75, 3.05) is 6.54 Å². The summed E-state index contributed by atoms with van der Waals surface area (Å²) in [5.41, 5.74) is 2.14. The maximum absolute atomic E-state index is 5.90. The first kappa shape index (κ1) is 15.7. The second-order valence-electron chi connectivity index (χ2n) is 5.30. The van der Waals surface area contributed by atoms with Crippen molar-refractivity contribution in [3.63, 3.8) is 0 Å². The van der Waals surface area contributed by atoms with Gasteiger partial charge in [-0.1, -0.05) is 48.9 Å². The molecule has 0 unspecified atom stereocenters. The number of aromatic nitrogens is 2. The molecule has 2 aromatic carbocycles. The van der Waals surface area contributed by atoms with Crippen molar-refractivity contribution in [3.05, 3.63) is 71.1 Å². The Morgan fingerprint density at radius 1 is 0.957 bits per heavy atom. The summed E-state index contributed by atoms with van der Waals surface area (Å²) in [6.07, 6.45) is 0. The summed E-state index contributed by atoms with van der Waals surface area (Å²) in [6.45, 7) is 4.52. The number of nitrogens with zero attached hydrogens (tertiary/aromatic N) is 3. The van der Waals surface area contributed by atoms with Gasteiger partial charge in [-0.25, -0.2) is 0 Å². The fraction of sp³-hybridized carbons (Fsp3) is 0.222. The van der Waals surface area contributed by atoms with E-state index >= 15 is 0 Å². The van der Waals surface area contributed by atoms with E-state index in [0.29, 0.717) is 23.3 Å². The van der Waals surface area contributed by atoms with Gasteiger partial charge in [-0.3, -0.25) is 4.90 Å². The van der Waals surface area contributed by atoms with Gasteiger partial charge in [-0.2, -0.15) is 0 Å². The number of hydrogen-bond donors (Lipinski definition) is 0. The standard InChI is InChI=1S/C18H18ClN3O/c1-2-22(12-14-6-4-3-5-7-14)13-17-20-21-18(23-17)15-8-10-16(19)11-9-15/h3-11H,2,12-13H2,1H3. The third-order valence-electron chi connectivity index (χ3n) is 3.61. The zero-order valence-corrected chi connectivity index (χ0v) is 13.7. The predicted molar refractivity (Wildman–Crippen MR) is 91.0 cm³/mol. The predicted octanol–water partition coefficient (Wildman–Crippen LogP) is 4.41. The van der Waals surface area contributed by atoms with Crippen LogP contribution in [0.3, 0.4) is 0 Å². The summed E-state index contributed by atoms with van der Waals surface area (Å²) < 4.78 is 5.77. The maximum atomic E-state index is 5.90. The second-order valence-corrected chi connectivity index (χ2v) is 5.73. The molecule has 0 aliphatic rings. The third kappa shape index (κ3) is 4.18. The lowest BCUT2D eigenvalue weighted by Gasteiger charge is -2.18. The normalized spacial score (nSPS) is 11.1. The van der Waals surface area contributed by atoms with E-state index in [1.165, 1.54) is 5.56 Å². The molecule has 1 aromatic heterocycles. The van der Waals surface area contributed by atoms with Gasteiger partial charge in [0.25, 0.3) is 0 Å². The Hall–Kier alpha value is -2.17. The Balaban J connectivity index is 1.68. The highest BCUT2D eigenvalue weighted by atomic mass is 35.5. The van der Waals surface area contributed by atoms with Crippen LogP contribution in [0.4, 0.5) is 0 Å². The molecule has 0 N–H and O–H groups in total. The summed E-state index contributed by atoms with van der Waals surface area (Å²) >= 11 is 5.90. The number of rotatable bonds is 6. The average molecular weight is 328 g/mol. The van der Waals surface area contributed by atoms with Crippen molar-refractivity contribution < 1.29 is 4.42 Å². The molecule has 0 saturated heterocycles. The van der Waals surface area contributed by atoms with Gasteiger partial charge in [0.05, 0.1) is 6.54 Å². The van der Waals surface area contributed by atoms with Gasteiger partial charge in [0.1, 0.15) is 0 Å². The van der Waals surface area contributed by atoms with Crippen molar-refractivity contribution >= 4 is 11.6 Å². The number of benzene rings is 2. The summed E-state index contributed by atoms with van der Waals surface area (Å²) in [5, 5.41) is 8.97. The molecular formula is C18H18ClN3O. The van der Waals surface area contributed by atoms with Crippen LogP contribution < -0.4 is 0 Å². The largest absolute Gasteiger partial charge is 0.419 e. The summed E-state index contributed by atoms with van der Waals surface area (Å²) in [6, 6.07) is 17.7. The lowest BCUT2D eigenvalue weighted by atomic mass is 10.2. The lowest BCUT2D eigenvalue weighted by Crippen LogP contribution is -2.22. The van der Waals surface area contributed by atoms with Crippen molar-refractivity contribution in [2.45, 2.75) is 20.0 Å². The van der Waals surface area contributed by atoms with E-state index in [1.54, 1.807) is 0 Å². The van der Waals surface area contributed by atoms with Crippen LogP contribution in [0, 0.1) is 0 Å². The van der Waals surface area contributed by atoms with Gasteiger partial charge in [0.2, 0.25) is 11.8 Å². The molecule has 0 spiro atoms. The van der Waals surface area contributed by atoms with Gasteiger partial charge in [-0.15, -0.1) is 10.2 Å². The van der Waals surface area contributed by atoms with E-state index in [9.17, 15) is 0 Å². The van der Waals surface area contributed by atoms with E-state index in [1.807, 2.05) is 30.3 Å². The maximum Gasteiger partial charge on any atom is 0.247 e. The van der Waals surface area contributed by atoms with Gasteiger partial charge >= 0.3 is 0 Å². The molecule has 4 nitrogen and oxygen atoms in total. The Labute approximate surface area is 140 Å². The first-order valence-electron chi connectivity index (χ1n) is 7.59. The minimum Gasteiger partial charge on any atom is -0.419 e. The fourth-order valence-electron chi connectivity index (χ4n) is 2.34. The van der Waals surface area contributed by atoms with Crippen LogP contribution in [0.1, 0.15) is 18.4 Å². The van der Waals surface area contributed by atoms with E-state index in [-0.39, 0.29) is 0 Å². The average Bonchev–Trinajstić information content (AvgIpc) is 3.04. The SMILES string of the molecule is CCN(Cc1ccccc1)Cc1nnc(-c2ccc(Cl)cc2)o1.